The van der Waals surface area contributed by atoms with Gasteiger partial charge >= 0.3 is 0 Å². The van der Waals surface area contributed by atoms with Crippen LogP contribution in [0, 0.1) is 5.82 Å². The van der Waals surface area contributed by atoms with Crippen molar-refractivity contribution >= 4 is 29.9 Å². The second-order valence-electron chi connectivity index (χ2n) is 6.18. The molecule has 1 atom stereocenters. The average Bonchev–Trinajstić information content (AvgIpc) is 3.25. The van der Waals surface area contributed by atoms with Gasteiger partial charge in [-0.1, -0.05) is 0 Å². The molecule has 0 bridgehead atoms. The number of imidazole rings is 1. The predicted molar refractivity (Wildman–Crippen MR) is 121 cm³/mol. The zero-order chi connectivity index (χ0) is 19.8. The third kappa shape index (κ3) is 7.00. The van der Waals surface area contributed by atoms with Crippen LogP contribution in [0.25, 0.3) is 5.82 Å². The Bertz CT molecular complexity index is 902. The van der Waals surface area contributed by atoms with Gasteiger partial charge < -0.3 is 15.4 Å². The molecular formula is C20H24FIN6O. The van der Waals surface area contributed by atoms with Gasteiger partial charge in [0, 0.05) is 32.2 Å². The molecule has 154 valence electrons. The zero-order valence-electron chi connectivity index (χ0n) is 16.2. The molecule has 2 aromatic heterocycles. The molecule has 3 aromatic rings. The van der Waals surface area contributed by atoms with Crippen LogP contribution >= 0.6 is 24.0 Å². The van der Waals surface area contributed by atoms with Crippen molar-refractivity contribution in [3.63, 3.8) is 0 Å². The van der Waals surface area contributed by atoms with E-state index in [0.29, 0.717) is 24.8 Å². The van der Waals surface area contributed by atoms with E-state index in [4.69, 9.17) is 4.74 Å². The lowest BCUT2D eigenvalue weighted by molar-refractivity contribution is 0.223. The lowest BCUT2D eigenvalue weighted by atomic mass is 10.2. The van der Waals surface area contributed by atoms with Gasteiger partial charge in [-0.25, -0.2) is 14.4 Å². The molecule has 1 aromatic carbocycles. The van der Waals surface area contributed by atoms with Crippen molar-refractivity contribution in [2.75, 3.05) is 13.6 Å². The van der Waals surface area contributed by atoms with E-state index in [1.54, 1.807) is 37.9 Å². The van der Waals surface area contributed by atoms with Crippen LogP contribution in [0.15, 0.2) is 66.3 Å². The summed E-state index contributed by atoms with van der Waals surface area (Å²) in [6, 6.07) is 9.91. The predicted octanol–water partition coefficient (Wildman–Crippen LogP) is 3.16. The SMILES string of the molecule is CN=C(NCc1ccnc(-n2ccnc2)c1)NCC(C)Oc1ccc(F)cc1.I. The first-order valence-electron chi connectivity index (χ1n) is 8.94. The van der Waals surface area contributed by atoms with E-state index in [1.807, 2.05) is 29.8 Å². The van der Waals surface area contributed by atoms with E-state index >= 15 is 0 Å². The lowest BCUT2D eigenvalue weighted by Crippen LogP contribution is -2.41. The minimum absolute atomic E-state index is 0. The van der Waals surface area contributed by atoms with Gasteiger partial charge in [0.2, 0.25) is 0 Å². The molecule has 0 aliphatic rings. The number of rotatable bonds is 7. The molecule has 0 radical (unpaired) electrons. The average molecular weight is 510 g/mol. The number of aliphatic imine (C=N–C) groups is 1. The molecule has 1 unspecified atom stereocenters. The van der Waals surface area contributed by atoms with Crippen molar-refractivity contribution in [2.24, 2.45) is 4.99 Å². The lowest BCUT2D eigenvalue weighted by Gasteiger charge is -2.18. The highest BCUT2D eigenvalue weighted by Crippen LogP contribution is 2.12. The molecule has 2 heterocycles. The van der Waals surface area contributed by atoms with Crippen LogP contribution in [0.1, 0.15) is 12.5 Å². The van der Waals surface area contributed by atoms with Gasteiger partial charge in [0.05, 0.1) is 6.54 Å². The van der Waals surface area contributed by atoms with E-state index < -0.39 is 0 Å². The van der Waals surface area contributed by atoms with E-state index in [1.165, 1.54) is 12.1 Å². The third-order valence-electron chi connectivity index (χ3n) is 3.97. The Kier molecular flexibility index (Phi) is 8.84. The van der Waals surface area contributed by atoms with Gasteiger partial charge in [0.15, 0.2) is 5.96 Å². The summed E-state index contributed by atoms with van der Waals surface area (Å²) >= 11 is 0. The molecule has 0 saturated carbocycles. The molecular weight excluding hydrogens is 486 g/mol. The maximum atomic E-state index is 13.0. The van der Waals surface area contributed by atoms with Crippen LogP contribution in [-0.2, 0) is 6.54 Å². The number of hydrogen-bond acceptors (Lipinski definition) is 4. The first-order valence-corrected chi connectivity index (χ1v) is 8.94. The molecule has 0 aliphatic carbocycles. The Balaban J connectivity index is 0.00000300. The smallest absolute Gasteiger partial charge is 0.191 e. The van der Waals surface area contributed by atoms with Crippen LogP contribution in [0.3, 0.4) is 0 Å². The number of nitrogens with one attached hydrogen (secondary N) is 2. The molecule has 29 heavy (non-hydrogen) atoms. The molecule has 0 saturated heterocycles. The van der Waals surface area contributed by atoms with Gasteiger partial charge in [-0.05, 0) is 48.9 Å². The van der Waals surface area contributed by atoms with Crippen LogP contribution in [0.2, 0.25) is 0 Å². The summed E-state index contributed by atoms with van der Waals surface area (Å²) in [6.07, 6.45) is 6.93. The van der Waals surface area contributed by atoms with Crippen molar-refractivity contribution in [3.8, 4) is 11.6 Å². The Morgan fingerprint density at radius 1 is 1.21 bits per heavy atom. The Morgan fingerprint density at radius 3 is 2.69 bits per heavy atom. The Labute approximate surface area is 186 Å². The van der Waals surface area contributed by atoms with Gasteiger partial charge in [-0.3, -0.25) is 9.56 Å². The topological polar surface area (TPSA) is 76.4 Å². The third-order valence-corrected chi connectivity index (χ3v) is 3.97. The summed E-state index contributed by atoms with van der Waals surface area (Å²) < 4.78 is 20.6. The second kappa shape index (κ2) is 11.3. The fraction of sp³-hybridized carbons (Fsp3) is 0.250. The molecule has 0 spiro atoms. The highest BCUT2D eigenvalue weighted by molar-refractivity contribution is 14.0. The van der Waals surface area contributed by atoms with Crippen molar-refractivity contribution < 1.29 is 9.13 Å². The van der Waals surface area contributed by atoms with Crippen LogP contribution in [0.4, 0.5) is 4.39 Å². The van der Waals surface area contributed by atoms with Crippen molar-refractivity contribution in [2.45, 2.75) is 19.6 Å². The van der Waals surface area contributed by atoms with E-state index in [-0.39, 0.29) is 35.9 Å². The number of ether oxygens (including phenoxy) is 1. The minimum atomic E-state index is -0.282. The summed E-state index contributed by atoms with van der Waals surface area (Å²) in [5, 5.41) is 6.49. The number of nitrogens with zero attached hydrogens (tertiary/aromatic N) is 4. The van der Waals surface area contributed by atoms with E-state index in [2.05, 4.69) is 25.6 Å². The quantitative estimate of drug-likeness (QED) is 0.290. The molecule has 9 heteroatoms. The fourth-order valence-corrected chi connectivity index (χ4v) is 2.54. The summed E-state index contributed by atoms with van der Waals surface area (Å²) in [7, 11) is 1.71. The largest absolute Gasteiger partial charge is 0.489 e. The number of aromatic nitrogens is 3. The van der Waals surface area contributed by atoms with Crippen LogP contribution < -0.4 is 15.4 Å². The number of hydrogen-bond donors (Lipinski definition) is 2. The number of benzene rings is 1. The van der Waals surface area contributed by atoms with Crippen LogP contribution in [0.5, 0.6) is 5.75 Å². The number of halogens is 2. The normalized spacial score (nSPS) is 12.0. The maximum absolute atomic E-state index is 13.0. The summed E-state index contributed by atoms with van der Waals surface area (Å²) in [6.45, 7) is 3.08. The van der Waals surface area contributed by atoms with E-state index in [0.717, 1.165) is 11.4 Å². The van der Waals surface area contributed by atoms with Gasteiger partial charge in [-0.15, -0.1) is 24.0 Å². The van der Waals surface area contributed by atoms with Gasteiger partial charge in [0.1, 0.15) is 29.8 Å². The highest BCUT2D eigenvalue weighted by Gasteiger charge is 2.07. The monoisotopic (exact) mass is 510 g/mol. The Hall–Kier alpha value is -2.69. The molecule has 7 nitrogen and oxygen atoms in total. The highest BCUT2D eigenvalue weighted by atomic mass is 127. The first kappa shape index (κ1) is 22.6. The zero-order valence-corrected chi connectivity index (χ0v) is 18.6. The first-order chi connectivity index (χ1) is 13.6. The maximum Gasteiger partial charge on any atom is 0.191 e. The van der Waals surface area contributed by atoms with Crippen molar-refractivity contribution in [1.29, 1.82) is 0 Å². The van der Waals surface area contributed by atoms with Crippen LogP contribution in [-0.4, -0.2) is 40.2 Å². The standard InChI is InChI=1S/C20H23FN6O.HI/c1-15(28-18-5-3-17(21)4-6-18)12-25-20(22-2)26-13-16-7-8-24-19(11-16)27-10-9-23-14-27;/h3-11,14-15H,12-13H2,1-2H3,(H2,22,25,26);1H. The molecule has 0 fully saturated rings. The van der Waals surface area contributed by atoms with Gasteiger partial charge in [0.25, 0.3) is 0 Å². The number of pyridine rings is 1. The Morgan fingerprint density at radius 2 is 2.00 bits per heavy atom. The fourth-order valence-electron chi connectivity index (χ4n) is 2.54. The summed E-state index contributed by atoms with van der Waals surface area (Å²) in [4.78, 5) is 12.6. The van der Waals surface area contributed by atoms with E-state index in [9.17, 15) is 4.39 Å². The van der Waals surface area contributed by atoms with Gasteiger partial charge in [-0.2, -0.15) is 0 Å². The molecule has 0 aliphatic heterocycles. The van der Waals surface area contributed by atoms with Crippen molar-refractivity contribution in [1.82, 2.24) is 25.2 Å². The summed E-state index contributed by atoms with van der Waals surface area (Å²) in [5.74, 6) is 1.81. The van der Waals surface area contributed by atoms with Crippen molar-refractivity contribution in [3.05, 3.63) is 72.7 Å². The minimum Gasteiger partial charge on any atom is -0.489 e. The summed E-state index contributed by atoms with van der Waals surface area (Å²) in [5.41, 5.74) is 1.07. The molecule has 0 amide bonds. The molecule has 3 rings (SSSR count). The second-order valence-corrected chi connectivity index (χ2v) is 6.18. The molecule has 2 N–H and O–H groups in total. The number of guanidine groups is 1.